The first kappa shape index (κ1) is 16.4. The van der Waals surface area contributed by atoms with Crippen LogP contribution in [0.15, 0.2) is 37.1 Å². The standard InChI is InChI=1S/C17H22N4O3/c22-17(19-6-1-8-21-9-7-18-13-21)14-2-3-16(20-12-14)24-15-4-10-23-11-5-15/h2-3,7,9,12-13,15H,1,4-6,8,10-11H2,(H,19,22). The lowest BCUT2D eigenvalue weighted by molar-refractivity contribution is 0.0237. The predicted molar refractivity (Wildman–Crippen MR) is 87.9 cm³/mol. The molecule has 0 bridgehead atoms. The van der Waals surface area contributed by atoms with Crippen molar-refractivity contribution in [1.82, 2.24) is 19.9 Å². The smallest absolute Gasteiger partial charge is 0.252 e. The van der Waals surface area contributed by atoms with E-state index in [-0.39, 0.29) is 12.0 Å². The third-order valence-corrected chi connectivity index (χ3v) is 3.89. The number of aryl methyl sites for hydroxylation is 1. The molecule has 0 aliphatic carbocycles. The van der Waals surface area contributed by atoms with Crippen LogP contribution in [0.5, 0.6) is 5.88 Å². The van der Waals surface area contributed by atoms with Crippen molar-refractivity contribution in [2.75, 3.05) is 19.8 Å². The van der Waals surface area contributed by atoms with E-state index < -0.39 is 0 Å². The zero-order chi connectivity index (χ0) is 16.6. The van der Waals surface area contributed by atoms with Crippen LogP contribution in [0, 0.1) is 0 Å². The summed E-state index contributed by atoms with van der Waals surface area (Å²) >= 11 is 0. The largest absolute Gasteiger partial charge is 0.474 e. The zero-order valence-electron chi connectivity index (χ0n) is 13.6. The molecule has 7 nitrogen and oxygen atoms in total. The van der Waals surface area contributed by atoms with Gasteiger partial charge in [-0.3, -0.25) is 4.79 Å². The average molecular weight is 330 g/mol. The van der Waals surface area contributed by atoms with Gasteiger partial charge in [-0.2, -0.15) is 0 Å². The van der Waals surface area contributed by atoms with Crippen LogP contribution >= 0.6 is 0 Å². The molecule has 7 heteroatoms. The second-order valence-corrected chi connectivity index (χ2v) is 5.72. The number of amides is 1. The van der Waals surface area contributed by atoms with Crippen molar-refractivity contribution >= 4 is 5.91 Å². The van der Waals surface area contributed by atoms with Crippen LogP contribution in [0.25, 0.3) is 0 Å². The second kappa shape index (κ2) is 8.44. The van der Waals surface area contributed by atoms with Crippen molar-refractivity contribution in [3.63, 3.8) is 0 Å². The van der Waals surface area contributed by atoms with E-state index in [4.69, 9.17) is 9.47 Å². The molecule has 1 fully saturated rings. The minimum atomic E-state index is -0.120. The Balaban J connectivity index is 1.41. The van der Waals surface area contributed by atoms with Gasteiger partial charge in [0.25, 0.3) is 5.91 Å². The van der Waals surface area contributed by atoms with Crippen LogP contribution in [0.3, 0.4) is 0 Å². The molecular weight excluding hydrogens is 308 g/mol. The number of nitrogens with one attached hydrogen (secondary N) is 1. The van der Waals surface area contributed by atoms with Gasteiger partial charge < -0.3 is 19.4 Å². The summed E-state index contributed by atoms with van der Waals surface area (Å²) in [6.45, 7) is 2.89. The molecule has 2 aromatic heterocycles. The Kier molecular flexibility index (Phi) is 5.79. The van der Waals surface area contributed by atoms with Crippen molar-refractivity contribution < 1.29 is 14.3 Å². The lowest BCUT2D eigenvalue weighted by atomic mass is 10.1. The van der Waals surface area contributed by atoms with Crippen LogP contribution in [0.1, 0.15) is 29.6 Å². The van der Waals surface area contributed by atoms with E-state index in [0.29, 0.717) is 18.0 Å². The fourth-order valence-corrected chi connectivity index (χ4v) is 2.53. The third-order valence-electron chi connectivity index (χ3n) is 3.89. The normalized spacial score (nSPS) is 15.2. The molecule has 3 heterocycles. The quantitative estimate of drug-likeness (QED) is 0.781. The summed E-state index contributed by atoms with van der Waals surface area (Å²) in [5.41, 5.74) is 0.539. The van der Waals surface area contributed by atoms with Gasteiger partial charge in [-0.15, -0.1) is 0 Å². The molecule has 3 rings (SSSR count). The van der Waals surface area contributed by atoms with Gasteiger partial charge in [-0.1, -0.05) is 0 Å². The number of pyridine rings is 1. The average Bonchev–Trinajstić information content (AvgIpc) is 3.13. The molecule has 0 unspecified atom stereocenters. The van der Waals surface area contributed by atoms with Gasteiger partial charge >= 0.3 is 0 Å². The number of hydrogen-bond acceptors (Lipinski definition) is 5. The lowest BCUT2D eigenvalue weighted by Gasteiger charge is -2.22. The van der Waals surface area contributed by atoms with Crippen LogP contribution in [0.4, 0.5) is 0 Å². The molecule has 0 saturated carbocycles. The Hall–Kier alpha value is -2.41. The highest BCUT2D eigenvalue weighted by molar-refractivity contribution is 5.93. The number of rotatable bonds is 7. The lowest BCUT2D eigenvalue weighted by Crippen LogP contribution is -2.27. The van der Waals surface area contributed by atoms with Gasteiger partial charge in [0.1, 0.15) is 6.10 Å². The Morgan fingerprint density at radius 1 is 1.38 bits per heavy atom. The first-order chi connectivity index (χ1) is 11.8. The molecular formula is C17H22N4O3. The Morgan fingerprint density at radius 2 is 2.25 bits per heavy atom. The number of ether oxygens (including phenoxy) is 2. The van der Waals surface area contributed by atoms with Crippen LogP contribution in [0.2, 0.25) is 0 Å². The predicted octanol–water partition coefficient (Wildman–Crippen LogP) is 1.66. The molecule has 24 heavy (non-hydrogen) atoms. The van der Waals surface area contributed by atoms with E-state index in [9.17, 15) is 4.79 Å². The Morgan fingerprint density at radius 3 is 2.96 bits per heavy atom. The summed E-state index contributed by atoms with van der Waals surface area (Å²) < 4.78 is 13.1. The van der Waals surface area contributed by atoms with Crippen molar-refractivity contribution in [3.8, 4) is 5.88 Å². The number of carbonyl (C=O) groups is 1. The fraction of sp³-hybridized carbons (Fsp3) is 0.471. The molecule has 1 N–H and O–H groups in total. The van der Waals surface area contributed by atoms with Gasteiger partial charge in [0.15, 0.2) is 0 Å². The molecule has 0 spiro atoms. The maximum absolute atomic E-state index is 12.1. The highest BCUT2D eigenvalue weighted by Gasteiger charge is 2.16. The van der Waals surface area contributed by atoms with E-state index in [0.717, 1.165) is 39.0 Å². The van der Waals surface area contributed by atoms with Crippen molar-refractivity contribution in [2.24, 2.45) is 0 Å². The first-order valence-corrected chi connectivity index (χ1v) is 8.25. The van der Waals surface area contributed by atoms with Gasteiger partial charge in [0.05, 0.1) is 25.1 Å². The van der Waals surface area contributed by atoms with Gasteiger partial charge in [0.2, 0.25) is 5.88 Å². The summed E-state index contributed by atoms with van der Waals surface area (Å²) in [6.07, 6.45) is 9.72. The minimum Gasteiger partial charge on any atom is -0.474 e. The number of nitrogens with zero attached hydrogens (tertiary/aromatic N) is 3. The first-order valence-electron chi connectivity index (χ1n) is 8.25. The van der Waals surface area contributed by atoms with Gasteiger partial charge in [-0.05, 0) is 12.5 Å². The Labute approximate surface area is 141 Å². The van der Waals surface area contributed by atoms with Crippen molar-refractivity contribution in [2.45, 2.75) is 31.9 Å². The molecule has 0 atom stereocenters. The monoisotopic (exact) mass is 330 g/mol. The van der Waals surface area contributed by atoms with E-state index in [2.05, 4.69) is 15.3 Å². The zero-order valence-corrected chi connectivity index (χ0v) is 13.6. The van der Waals surface area contributed by atoms with Gasteiger partial charge in [-0.25, -0.2) is 9.97 Å². The maximum atomic E-state index is 12.1. The Bertz CT molecular complexity index is 622. The number of hydrogen-bond donors (Lipinski definition) is 1. The fourth-order valence-electron chi connectivity index (χ4n) is 2.53. The highest BCUT2D eigenvalue weighted by Crippen LogP contribution is 2.15. The minimum absolute atomic E-state index is 0.120. The van der Waals surface area contributed by atoms with Crippen molar-refractivity contribution in [3.05, 3.63) is 42.6 Å². The van der Waals surface area contributed by atoms with Crippen molar-refractivity contribution in [1.29, 1.82) is 0 Å². The van der Waals surface area contributed by atoms with Crippen LogP contribution in [-0.2, 0) is 11.3 Å². The molecule has 1 aliphatic rings. The summed E-state index contributed by atoms with van der Waals surface area (Å²) in [6, 6.07) is 3.49. The number of imidazole rings is 1. The number of carbonyl (C=O) groups excluding carboxylic acids is 1. The molecule has 1 aliphatic heterocycles. The molecule has 2 aromatic rings. The summed E-state index contributed by atoms with van der Waals surface area (Å²) in [7, 11) is 0. The summed E-state index contributed by atoms with van der Waals surface area (Å²) in [4.78, 5) is 20.3. The highest BCUT2D eigenvalue weighted by atomic mass is 16.5. The maximum Gasteiger partial charge on any atom is 0.252 e. The van der Waals surface area contributed by atoms with Crippen LogP contribution in [-0.4, -0.2) is 46.3 Å². The SMILES string of the molecule is O=C(NCCCn1ccnc1)c1ccc(OC2CCOCC2)nc1. The summed E-state index contributed by atoms with van der Waals surface area (Å²) in [5.74, 6) is 0.435. The van der Waals surface area contributed by atoms with E-state index in [1.165, 1.54) is 0 Å². The van der Waals surface area contributed by atoms with E-state index >= 15 is 0 Å². The topological polar surface area (TPSA) is 78.3 Å². The second-order valence-electron chi connectivity index (χ2n) is 5.72. The molecule has 128 valence electrons. The molecule has 0 aromatic carbocycles. The molecule has 0 radical (unpaired) electrons. The molecule has 1 saturated heterocycles. The summed E-state index contributed by atoms with van der Waals surface area (Å²) in [5, 5.41) is 2.89. The number of aromatic nitrogens is 3. The van der Waals surface area contributed by atoms with E-state index in [1.807, 2.05) is 10.8 Å². The van der Waals surface area contributed by atoms with Crippen LogP contribution < -0.4 is 10.1 Å². The van der Waals surface area contributed by atoms with Gasteiger partial charge in [0, 0.05) is 50.6 Å². The van der Waals surface area contributed by atoms with E-state index in [1.54, 1.807) is 30.9 Å². The third kappa shape index (κ3) is 4.79. The molecule has 1 amide bonds.